The fourth-order valence-electron chi connectivity index (χ4n) is 2.06. The fourth-order valence-corrected chi connectivity index (χ4v) is 2.06. The topological polar surface area (TPSA) is 18.5 Å². The van der Waals surface area contributed by atoms with E-state index >= 15 is 0 Å². The van der Waals surface area contributed by atoms with Crippen molar-refractivity contribution < 1.29 is 9.47 Å². The van der Waals surface area contributed by atoms with Crippen molar-refractivity contribution in [3.05, 3.63) is 6.42 Å². The third-order valence-electron chi connectivity index (χ3n) is 2.97. The summed E-state index contributed by atoms with van der Waals surface area (Å²) in [7, 11) is 0. The third-order valence-corrected chi connectivity index (χ3v) is 2.97. The molecule has 0 saturated carbocycles. The SMILES string of the molecule is [CH](CC1CCOC1)C1CCCCO1. The van der Waals surface area contributed by atoms with Crippen molar-refractivity contribution in [2.45, 2.75) is 38.2 Å². The summed E-state index contributed by atoms with van der Waals surface area (Å²) in [6.45, 7) is 2.88. The van der Waals surface area contributed by atoms with E-state index in [0.717, 1.165) is 25.7 Å². The van der Waals surface area contributed by atoms with Crippen LogP contribution < -0.4 is 0 Å². The molecule has 2 rings (SSSR count). The molecule has 0 aliphatic carbocycles. The summed E-state index contributed by atoms with van der Waals surface area (Å²) in [5.41, 5.74) is 0. The zero-order valence-electron chi connectivity index (χ0n) is 8.21. The zero-order chi connectivity index (χ0) is 8.93. The maximum Gasteiger partial charge on any atom is 0.0607 e. The summed E-state index contributed by atoms with van der Waals surface area (Å²) < 4.78 is 11.0. The van der Waals surface area contributed by atoms with Gasteiger partial charge in [-0.05, 0) is 44.4 Å². The molecule has 0 bridgehead atoms. The first-order valence-corrected chi connectivity index (χ1v) is 5.48. The van der Waals surface area contributed by atoms with Gasteiger partial charge in [-0.1, -0.05) is 0 Å². The first-order chi connectivity index (χ1) is 6.45. The van der Waals surface area contributed by atoms with Gasteiger partial charge in [0.15, 0.2) is 0 Å². The van der Waals surface area contributed by atoms with Crippen LogP contribution in [0.25, 0.3) is 0 Å². The zero-order valence-corrected chi connectivity index (χ0v) is 8.21. The van der Waals surface area contributed by atoms with Crippen LogP contribution in [0.1, 0.15) is 32.1 Å². The van der Waals surface area contributed by atoms with Crippen molar-refractivity contribution in [3.63, 3.8) is 0 Å². The third kappa shape index (κ3) is 2.96. The van der Waals surface area contributed by atoms with Crippen molar-refractivity contribution in [2.24, 2.45) is 5.92 Å². The normalized spacial score (nSPS) is 35.1. The Hall–Kier alpha value is -0.0800. The average Bonchev–Trinajstić information content (AvgIpc) is 2.69. The van der Waals surface area contributed by atoms with Gasteiger partial charge in [-0.3, -0.25) is 0 Å². The van der Waals surface area contributed by atoms with Crippen LogP contribution in [0, 0.1) is 12.3 Å². The molecule has 2 fully saturated rings. The maximum absolute atomic E-state index is 5.64. The van der Waals surface area contributed by atoms with Gasteiger partial charge in [-0.25, -0.2) is 0 Å². The summed E-state index contributed by atoms with van der Waals surface area (Å²) in [5, 5.41) is 0. The van der Waals surface area contributed by atoms with E-state index in [2.05, 4.69) is 6.42 Å². The molecule has 75 valence electrons. The smallest absolute Gasteiger partial charge is 0.0607 e. The van der Waals surface area contributed by atoms with Gasteiger partial charge in [0, 0.05) is 19.8 Å². The highest BCUT2D eigenvalue weighted by Gasteiger charge is 2.19. The molecule has 2 heteroatoms. The minimum atomic E-state index is 0.439. The Kier molecular flexibility index (Phi) is 3.62. The van der Waals surface area contributed by atoms with Gasteiger partial charge in [0.1, 0.15) is 0 Å². The number of ether oxygens (including phenoxy) is 2. The quantitative estimate of drug-likeness (QED) is 0.667. The Bertz CT molecular complexity index is 135. The highest BCUT2D eigenvalue weighted by molar-refractivity contribution is 4.83. The van der Waals surface area contributed by atoms with E-state index in [1.54, 1.807) is 0 Å². The van der Waals surface area contributed by atoms with E-state index in [0.29, 0.717) is 6.10 Å². The molecule has 2 saturated heterocycles. The molecule has 2 aliphatic rings. The van der Waals surface area contributed by atoms with Crippen LogP contribution in [0.15, 0.2) is 0 Å². The second-order valence-electron chi connectivity index (χ2n) is 4.11. The summed E-state index contributed by atoms with van der Waals surface area (Å²) in [6.07, 6.45) is 9.04. The molecule has 2 aliphatic heterocycles. The van der Waals surface area contributed by atoms with E-state index in [4.69, 9.17) is 9.47 Å². The minimum absolute atomic E-state index is 0.439. The second-order valence-corrected chi connectivity index (χ2v) is 4.11. The van der Waals surface area contributed by atoms with E-state index in [1.807, 2.05) is 0 Å². The van der Waals surface area contributed by atoms with Crippen LogP contribution in [0.2, 0.25) is 0 Å². The van der Waals surface area contributed by atoms with Crippen molar-refractivity contribution in [1.29, 1.82) is 0 Å². The predicted octanol–water partition coefficient (Wildman–Crippen LogP) is 2.19. The van der Waals surface area contributed by atoms with Gasteiger partial charge in [0.25, 0.3) is 0 Å². The first-order valence-electron chi connectivity index (χ1n) is 5.48. The van der Waals surface area contributed by atoms with Crippen molar-refractivity contribution in [1.82, 2.24) is 0 Å². The summed E-state index contributed by atoms with van der Waals surface area (Å²) >= 11 is 0. The predicted molar refractivity (Wildman–Crippen MR) is 51.4 cm³/mol. The van der Waals surface area contributed by atoms with Crippen LogP contribution in [0.3, 0.4) is 0 Å². The summed E-state index contributed by atoms with van der Waals surface area (Å²) in [5.74, 6) is 0.769. The van der Waals surface area contributed by atoms with Crippen LogP contribution >= 0.6 is 0 Å². The fraction of sp³-hybridized carbons (Fsp3) is 0.909. The molecule has 1 radical (unpaired) electrons. The highest BCUT2D eigenvalue weighted by Crippen LogP contribution is 2.22. The Balaban J connectivity index is 1.60. The lowest BCUT2D eigenvalue weighted by Crippen LogP contribution is -2.20. The molecule has 0 spiro atoms. The van der Waals surface area contributed by atoms with Gasteiger partial charge < -0.3 is 9.47 Å². The molecule has 0 aromatic rings. The summed E-state index contributed by atoms with van der Waals surface area (Å²) in [6, 6.07) is 0. The van der Waals surface area contributed by atoms with Gasteiger partial charge in [-0.15, -0.1) is 0 Å². The molecule has 0 aromatic heterocycles. The number of hydrogen-bond acceptors (Lipinski definition) is 2. The maximum atomic E-state index is 5.64. The van der Waals surface area contributed by atoms with Crippen LogP contribution in [-0.2, 0) is 9.47 Å². The molecule has 2 unspecified atom stereocenters. The average molecular weight is 183 g/mol. The molecular formula is C11H19O2. The van der Waals surface area contributed by atoms with Crippen LogP contribution in [-0.4, -0.2) is 25.9 Å². The van der Waals surface area contributed by atoms with Crippen molar-refractivity contribution >= 4 is 0 Å². The molecule has 0 aromatic carbocycles. The Labute approximate surface area is 80.6 Å². The van der Waals surface area contributed by atoms with Gasteiger partial charge in [-0.2, -0.15) is 0 Å². The molecule has 2 atom stereocenters. The minimum Gasteiger partial charge on any atom is -0.381 e. The Morgan fingerprint density at radius 1 is 1.15 bits per heavy atom. The van der Waals surface area contributed by atoms with Crippen molar-refractivity contribution in [2.75, 3.05) is 19.8 Å². The van der Waals surface area contributed by atoms with Crippen LogP contribution in [0.5, 0.6) is 0 Å². The first kappa shape index (κ1) is 9.47. The van der Waals surface area contributed by atoms with E-state index in [1.165, 1.54) is 32.1 Å². The van der Waals surface area contributed by atoms with E-state index in [9.17, 15) is 0 Å². The standard InChI is InChI=1S/C11H19O2/c1-2-7-13-11(3-1)5-4-10-6-8-12-9-10/h5,10-11H,1-4,6-9H2. The molecule has 2 heterocycles. The molecule has 13 heavy (non-hydrogen) atoms. The Morgan fingerprint density at radius 2 is 2.15 bits per heavy atom. The van der Waals surface area contributed by atoms with Gasteiger partial charge >= 0.3 is 0 Å². The number of hydrogen-bond donors (Lipinski definition) is 0. The lowest BCUT2D eigenvalue weighted by Gasteiger charge is -2.23. The van der Waals surface area contributed by atoms with Gasteiger partial charge in [0.2, 0.25) is 0 Å². The monoisotopic (exact) mass is 183 g/mol. The van der Waals surface area contributed by atoms with E-state index < -0.39 is 0 Å². The second kappa shape index (κ2) is 4.97. The lowest BCUT2D eigenvalue weighted by molar-refractivity contribution is 0.0332. The molecule has 0 N–H and O–H groups in total. The van der Waals surface area contributed by atoms with Gasteiger partial charge in [0.05, 0.1) is 6.10 Å². The molecular weight excluding hydrogens is 164 g/mol. The van der Waals surface area contributed by atoms with Crippen molar-refractivity contribution in [3.8, 4) is 0 Å². The highest BCUT2D eigenvalue weighted by atomic mass is 16.5. The lowest BCUT2D eigenvalue weighted by atomic mass is 9.97. The largest absolute Gasteiger partial charge is 0.381 e. The Morgan fingerprint density at radius 3 is 2.85 bits per heavy atom. The summed E-state index contributed by atoms with van der Waals surface area (Å²) in [4.78, 5) is 0. The van der Waals surface area contributed by atoms with Crippen LogP contribution in [0.4, 0.5) is 0 Å². The van der Waals surface area contributed by atoms with E-state index in [-0.39, 0.29) is 0 Å². The molecule has 0 amide bonds. The number of rotatable bonds is 3. The molecule has 2 nitrogen and oxygen atoms in total.